The number of fused-ring (bicyclic) bond motifs is 1. The fourth-order valence-corrected chi connectivity index (χ4v) is 3.57. The van der Waals surface area contributed by atoms with Gasteiger partial charge >= 0.3 is 0 Å². The van der Waals surface area contributed by atoms with Crippen LogP contribution in [0.2, 0.25) is 10.0 Å². The lowest BCUT2D eigenvalue weighted by Crippen LogP contribution is -2.14. The van der Waals surface area contributed by atoms with Gasteiger partial charge in [0.15, 0.2) is 5.58 Å². The number of carbonyl (C=O) groups excluding carboxylic acids is 1. The zero-order valence-electron chi connectivity index (χ0n) is 17.0. The van der Waals surface area contributed by atoms with Crippen molar-refractivity contribution < 1.29 is 23.4 Å². The molecule has 0 saturated heterocycles. The van der Waals surface area contributed by atoms with E-state index in [1.807, 2.05) is 26.0 Å². The van der Waals surface area contributed by atoms with Crippen molar-refractivity contribution >= 4 is 45.8 Å². The standard InChI is InChI=1S/C22H23Cl2NO5/c1-13-14(2)30-21-16(13)5-4-6-18(21)25-22(26)19-17(23)8-7-15(20(19)24)11-29-12-28-10-9-27-3/h4-8H,9-12H2,1-3H3,(H,25,26). The Kier molecular flexibility index (Phi) is 7.75. The van der Waals surface area contributed by atoms with E-state index in [0.717, 1.165) is 16.7 Å². The van der Waals surface area contributed by atoms with E-state index in [9.17, 15) is 4.79 Å². The molecule has 1 amide bonds. The number of aryl methyl sites for hydroxylation is 2. The quantitative estimate of drug-likeness (QED) is 0.331. The zero-order valence-corrected chi connectivity index (χ0v) is 18.5. The summed E-state index contributed by atoms with van der Waals surface area (Å²) in [7, 11) is 1.60. The Labute approximate surface area is 185 Å². The summed E-state index contributed by atoms with van der Waals surface area (Å²) in [6.45, 7) is 5.03. The van der Waals surface area contributed by atoms with E-state index >= 15 is 0 Å². The normalized spacial score (nSPS) is 11.2. The van der Waals surface area contributed by atoms with E-state index in [2.05, 4.69) is 5.32 Å². The fourth-order valence-electron chi connectivity index (χ4n) is 2.97. The van der Waals surface area contributed by atoms with Crippen molar-refractivity contribution in [2.75, 3.05) is 32.4 Å². The lowest BCUT2D eigenvalue weighted by molar-refractivity contribution is -0.0724. The van der Waals surface area contributed by atoms with E-state index in [4.69, 9.17) is 41.8 Å². The third kappa shape index (κ3) is 4.96. The maximum atomic E-state index is 13.0. The number of methoxy groups -OCH3 is 1. The van der Waals surface area contributed by atoms with Crippen LogP contribution < -0.4 is 5.32 Å². The van der Waals surface area contributed by atoms with Gasteiger partial charge in [0.2, 0.25) is 0 Å². The van der Waals surface area contributed by atoms with Crippen molar-refractivity contribution in [1.82, 2.24) is 0 Å². The molecule has 0 spiro atoms. The first-order chi connectivity index (χ1) is 14.4. The SMILES string of the molecule is COCCOCOCc1ccc(Cl)c(C(=O)Nc2cccc3c(C)c(C)oc23)c1Cl. The van der Waals surface area contributed by atoms with Crippen LogP contribution in [0.25, 0.3) is 11.0 Å². The first-order valence-corrected chi connectivity index (χ1v) is 10.1. The Morgan fingerprint density at radius 3 is 2.67 bits per heavy atom. The number of benzene rings is 2. The van der Waals surface area contributed by atoms with Crippen LogP contribution in [-0.2, 0) is 20.8 Å². The third-order valence-corrected chi connectivity index (χ3v) is 5.45. The van der Waals surface area contributed by atoms with Crippen molar-refractivity contribution in [3.8, 4) is 0 Å². The van der Waals surface area contributed by atoms with Gasteiger partial charge in [-0.2, -0.15) is 0 Å². The number of amides is 1. The highest BCUT2D eigenvalue weighted by atomic mass is 35.5. The minimum absolute atomic E-state index is 0.0863. The molecular weight excluding hydrogens is 429 g/mol. The van der Waals surface area contributed by atoms with Crippen molar-refractivity contribution in [3.63, 3.8) is 0 Å². The summed E-state index contributed by atoms with van der Waals surface area (Å²) in [6, 6.07) is 8.92. The van der Waals surface area contributed by atoms with Crippen molar-refractivity contribution in [2.24, 2.45) is 0 Å². The van der Waals surface area contributed by atoms with E-state index < -0.39 is 5.91 Å². The van der Waals surface area contributed by atoms with Crippen LogP contribution in [0.5, 0.6) is 0 Å². The topological polar surface area (TPSA) is 69.9 Å². The van der Waals surface area contributed by atoms with E-state index in [0.29, 0.717) is 30.0 Å². The number of para-hydroxylation sites is 1. The second-order valence-electron chi connectivity index (χ2n) is 6.68. The number of hydrogen-bond donors (Lipinski definition) is 1. The van der Waals surface area contributed by atoms with Crippen LogP contribution in [0.15, 0.2) is 34.7 Å². The molecule has 0 fully saturated rings. The van der Waals surface area contributed by atoms with Crippen LogP contribution in [-0.4, -0.2) is 33.0 Å². The van der Waals surface area contributed by atoms with Crippen LogP contribution >= 0.6 is 23.2 Å². The Morgan fingerprint density at radius 1 is 1.10 bits per heavy atom. The van der Waals surface area contributed by atoms with Gasteiger partial charge in [-0.15, -0.1) is 0 Å². The minimum Gasteiger partial charge on any atom is -0.459 e. The second kappa shape index (κ2) is 10.3. The maximum absolute atomic E-state index is 13.0. The summed E-state index contributed by atoms with van der Waals surface area (Å²) in [5.74, 6) is 0.372. The van der Waals surface area contributed by atoms with Crippen molar-refractivity contribution in [2.45, 2.75) is 20.5 Å². The molecule has 8 heteroatoms. The van der Waals surface area contributed by atoms with Crippen LogP contribution in [0.4, 0.5) is 5.69 Å². The molecule has 0 aliphatic carbocycles. The molecule has 1 aromatic heterocycles. The number of anilines is 1. The van der Waals surface area contributed by atoms with E-state index in [1.165, 1.54) is 0 Å². The van der Waals surface area contributed by atoms with Gasteiger partial charge < -0.3 is 23.9 Å². The molecule has 160 valence electrons. The highest BCUT2D eigenvalue weighted by Gasteiger charge is 2.20. The summed E-state index contributed by atoms with van der Waals surface area (Å²) in [4.78, 5) is 13.0. The van der Waals surface area contributed by atoms with Crippen LogP contribution in [0.3, 0.4) is 0 Å². The monoisotopic (exact) mass is 451 g/mol. The van der Waals surface area contributed by atoms with Crippen molar-refractivity contribution in [1.29, 1.82) is 0 Å². The zero-order chi connectivity index (χ0) is 21.7. The molecule has 3 aromatic rings. The number of nitrogens with one attached hydrogen (secondary N) is 1. The fraction of sp³-hybridized carbons (Fsp3) is 0.318. The predicted molar refractivity (Wildman–Crippen MR) is 118 cm³/mol. The largest absolute Gasteiger partial charge is 0.459 e. The lowest BCUT2D eigenvalue weighted by Gasteiger charge is -2.13. The maximum Gasteiger partial charge on any atom is 0.258 e. The highest BCUT2D eigenvalue weighted by Crippen LogP contribution is 2.33. The summed E-state index contributed by atoms with van der Waals surface area (Å²) in [5.41, 5.74) is 3.00. The molecule has 2 aromatic carbocycles. The third-order valence-electron chi connectivity index (χ3n) is 4.70. The average molecular weight is 452 g/mol. The van der Waals surface area contributed by atoms with Gasteiger partial charge in [-0.05, 0) is 37.1 Å². The number of rotatable bonds is 9. The summed E-state index contributed by atoms with van der Waals surface area (Å²) < 4.78 is 21.4. The van der Waals surface area contributed by atoms with E-state index in [1.54, 1.807) is 25.3 Å². The summed E-state index contributed by atoms with van der Waals surface area (Å²) in [6.07, 6.45) is 0. The number of halogens is 2. The smallest absolute Gasteiger partial charge is 0.258 e. The van der Waals surface area contributed by atoms with Gasteiger partial charge in [-0.1, -0.05) is 41.4 Å². The molecule has 0 saturated carbocycles. The minimum atomic E-state index is -0.428. The number of hydrogen-bond acceptors (Lipinski definition) is 5. The molecule has 0 aliphatic rings. The predicted octanol–water partition coefficient (Wildman–Crippen LogP) is 5.75. The molecule has 0 unspecified atom stereocenters. The van der Waals surface area contributed by atoms with Gasteiger partial charge in [0.25, 0.3) is 5.91 Å². The average Bonchev–Trinajstić information content (AvgIpc) is 3.01. The van der Waals surface area contributed by atoms with Gasteiger partial charge in [-0.25, -0.2) is 0 Å². The molecule has 0 radical (unpaired) electrons. The molecular formula is C22H23Cl2NO5. The first kappa shape index (κ1) is 22.6. The van der Waals surface area contributed by atoms with Gasteiger partial charge in [-0.3, -0.25) is 4.79 Å². The molecule has 0 bridgehead atoms. The number of carbonyl (C=O) groups is 1. The molecule has 3 rings (SSSR count). The molecule has 30 heavy (non-hydrogen) atoms. The molecule has 0 atom stereocenters. The van der Waals surface area contributed by atoms with Gasteiger partial charge in [0.05, 0.1) is 41.1 Å². The summed E-state index contributed by atoms with van der Waals surface area (Å²) in [5, 5.41) is 4.28. The number of furan rings is 1. The molecule has 6 nitrogen and oxygen atoms in total. The van der Waals surface area contributed by atoms with Gasteiger partial charge in [0.1, 0.15) is 12.6 Å². The highest BCUT2D eigenvalue weighted by molar-refractivity contribution is 6.41. The lowest BCUT2D eigenvalue weighted by atomic mass is 10.1. The van der Waals surface area contributed by atoms with E-state index in [-0.39, 0.29) is 29.0 Å². The van der Waals surface area contributed by atoms with Crippen molar-refractivity contribution in [3.05, 3.63) is 62.8 Å². The first-order valence-electron chi connectivity index (χ1n) is 9.35. The van der Waals surface area contributed by atoms with Crippen LogP contribution in [0, 0.1) is 13.8 Å². The molecule has 1 heterocycles. The molecule has 0 aliphatic heterocycles. The van der Waals surface area contributed by atoms with Crippen LogP contribution in [0.1, 0.15) is 27.2 Å². The van der Waals surface area contributed by atoms with Gasteiger partial charge in [0, 0.05) is 12.5 Å². The summed E-state index contributed by atoms with van der Waals surface area (Å²) >= 11 is 12.8. The Morgan fingerprint density at radius 2 is 1.90 bits per heavy atom. The second-order valence-corrected chi connectivity index (χ2v) is 7.47. The Balaban J connectivity index is 1.77. The Bertz CT molecular complexity index is 1050. The number of ether oxygens (including phenoxy) is 3. The Hall–Kier alpha value is -2.09. The molecule has 1 N–H and O–H groups in total.